The van der Waals surface area contributed by atoms with Crippen molar-refractivity contribution in [2.45, 2.75) is 38.7 Å². The van der Waals surface area contributed by atoms with Gasteiger partial charge in [-0.05, 0) is 38.3 Å². The first-order valence-corrected chi connectivity index (χ1v) is 9.04. The van der Waals surface area contributed by atoms with Crippen LogP contribution in [0.25, 0.3) is 0 Å². The van der Waals surface area contributed by atoms with Gasteiger partial charge in [-0.15, -0.1) is 24.0 Å². The number of aliphatic imine (C=N–C) groups is 1. The number of ether oxygens (including phenoxy) is 1. The lowest BCUT2D eigenvalue weighted by Gasteiger charge is -2.42. The van der Waals surface area contributed by atoms with Crippen LogP contribution >= 0.6 is 24.0 Å². The van der Waals surface area contributed by atoms with Crippen LogP contribution in [0.2, 0.25) is 0 Å². The predicted octanol–water partition coefficient (Wildman–Crippen LogP) is 3.46. The van der Waals surface area contributed by atoms with E-state index in [9.17, 15) is 0 Å². The molecule has 0 spiro atoms. The van der Waals surface area contributed by atoms with Gasteiger partial charge < -0.3 is 19.4 Å². The molecule has 2 aliphatic rings. The average molecular weight is 459 g/mol. The highest BCUT2D eigenvalue weighted by Crippen LogP contribution is 2.28. The number of nitrogens with zero attached hydrogens (tertiary/aromatic N) is 2. The Hall–Kier alpha value is -1.02. The van der Waals surface area contributed by atoms with Gasteiger partial charge in [-0.3, -0.25) is 0 Å². The van der Waals surface area contributed by atoms with Gasteiger partial charge in [-0.1, -0.05) is 12.2 Å². The normalized spacial score (nSPS) is 23.6. The average Bonchev–Trinajstić information content (AvgIpc) is 3.10. The zero-order valence-electron chi connectivity index (χ0n) is 15.1. The van der Waals surface area contributed by atoms with Crippen LogP contribution in [0.4, 0.5) is 0 Å². The Kier molecular flexibility index (Phi) is 8.29. The Morgan fingerprint density at radius 2 is 2.32 bits per heavy atom. The van der Waals surface area contributed by atoms with Crippen LogP contribution in [0.5, 0.6) is 0 Å². The van der Waals surface area contributed by atoms with E-state index in [0.29, 0.717) is 18.6 Å². The van der Waals surface area contributed by atoms with E-state index in [2.05, 4.69) is 16.8 Å². The molecule has 0 radical (unpaired) electrons. The highest BCUT2D eigenvalue weighted by atomic mass is 127. The first-order valence-electron chi connectivity index (χ1n) is 9.04. The Morgan fingerprint density at radius 1 is 1.44 bits per heavy atom. The number of piperidine rings is 1. The minimum atomic E-state index is 0. The summed E-state index contributed by atoms with van der Waals surface area (Å²) in [5, 5.41) is 3.51. The topological polar surface area (TPSA) is 50.0 Å². The van der Waals surface area contributed by atoms with E-state index in [-0.39, 0.29) is 24.0 Å². The molecular weight excluding hydrogens is 429 g/mol. The summed E-state index contributed by atoms with van der Waals surface area (Å²) in [5.74, 6) is 2.63. The van der Waals surface area contributed by atoms with Crippen molar-refractivity contribution in [2.24, 2.45) is 10.9 Å². The molecule has 25 heavy (non-hydrogen) atoms. The molecule has 3 rings (SSSR count). The molecule has 0 bridgehead atoms. The Balaban J connectivity index is 0.00000225. The van der Waals surface area contributed by atoms with E-state index in [4.69, 9.17) is 14.1 Å². The molecule has 2 aliphatic heterocycles. The first-order chi connectivity index (χ1) is 11.7. The first kappa shape index (κ1) is 20.3. The summed E-state index contributed by atoms with van der Waals surface area (Å²) in [7, 11) is 0. The summed E-state index contributed by atoms with van der Waals surface area (Å²) in [5.41, 5.74) is 1.08. The molecule has 0 saturated carbocycles. The van der Waals surface area contributed by atoms with Crippen molar-refractivity contribution in [2.75, 3.05) is 32.8 Å². The fourth-order valence-electron chi connectivity index (χ4n) is 3.51. The summed E-state index contributed by atoms with van der Waals surface area (Å²) in [4.78, 5) is 7.15. The standard InChI is InChI=1S/C19H29N3O2.HI/c1-15(2)13-21-19(20-9-7-17-6-4-11-23-17)22-10-8-18-16(14-22)5-3-12-24-18;/h4,6,11,16,18H,1,3,5,7-10,12-14H2,2H3,(H,20,21);1H. The van der Waals surface area contributed by atoms with Crippen LogP contribution in [0.1, 0.15) is 31.9 Å². The zero-order chi connectivity index (χ0) is 16.8. The summed E-state index contributed by atoms with van der Waals surface area (Å²) >= 11 is 0. The summed E-state index contributed by atoms with van der Waals surface area (Å²) in [6.07, 6.45) is 6.57. The number of halogens is 1. The highest BCUT2D eigenvalue weighted by molar-refractivity contribution is 14.0. The van der Waals surface area contributed by atoms with Gasteiger partial charge in [0.15, 0.2) is 5.96 Å². The molecule has 3 heterocycles. The molecule has 0 amide bonds. The number of hydrogen-bond donors (Lipinski definition) is 1. The van der Waals surface area contributed by atoms with E-state index in [1.165, 1.54) is 12.8 Å². The number of fused-ring (bicyclic) bond motifs is 1. The van der Waals surface area contributed by atoms with Gasteiger partial charge in [-0.25, -0.2) is 4.99 Å². The fourth-order valence-corrected chi connectivity index (χ4v) is 3.51. The number of hydrogen-bond acceptors (Lipinski definition) is 3. The number of likely N-dealkylation sites (tertiary alicyclic amines) is 1. The van der Waals surface area contributed by atoms with Crippen molar-refractivity contribution in [1.82, 2.24) is 10.2 Å². The molecule has 6 heteroatoms. The maximum Gasteiger partial charge on any atom is 0.194 e. The van der Waals surface area contributed by atoms with E-state index >= 15 is 0 Å². The molecule has 1 aromatic heterocycles. The third-order valence-corrected chi connectivity index (χ3v) is 4.75. The van der Waals surface area contributed by atoms with Crippen LogP contribution in [-0.2, 0) is 11.2 Å². The van der Waals surface area contributed by atoms with Crippen molar-refractivity contribution in [3.8, 4) is 0 Å². The molecule has 5 nitrogen and oxygen atoms in total. The Bertz CT molecular complexity index is 559. The van der Waals surface area contributed by atoms with Gasteiger partial charge in [0.2, 0.25) is 0 Å². The monoisotopic (exact) mass is 459 g/mol. The lowest BCUT2D eigenvalue weighted by Crippen LogP contribution is -2.52. The maximum atomic E-state index is 5.92. The van der Waals surface area contributed by atoms with E-state index in [1.54, 1.807) is 6.26 Å². The van der Waals surface area contributed by atoms with Crippen LogP contribution in [0, 0.1) is 5.92 Å². The van der Waals surface area contributed by atoms with Gasteiger partial charge in [0.25, 0.3) is 0 Å². The van der Waals surface area contributed by atoms with Gasteiger partial charge in [0, 0.05) is 38.6 Å². The molecule has 0 aromatic carbocycles. The van der Waals surface area contributed by atoms with E-state index < -0.39 is 0 Å². The van der Waals surface area contributed by atoms with Gasteiger partial charge >= 0.3 is 0 Å². The maximum absolute atomic E-state index is 5.92. The fraction of sp³-hybridized carbons (Fsp3) is 0.632. The lowest BCUT2D eigenvalue weighted by molar-refractivity contribution is -0.0559. The van der Waals surface area contributed by atoms with Crippen molar-refractivity contribution in [3.05, 3.63) is 36.3 Å². The summed E-state index contributed by atoms with van der Waals surface area (Å²) in [6, 6.07) is 3.94. The molecule has 1 N–H and O–H groups in total. The van der Waals surface area contributed by atoms with Crippen LogP contribution in [-0.4, -0.2) is 49.7 Å². The van der Waals surface area contributed by atoms with Crippen LogP contribution in [0.15, 0.2) is 40.0 Å². The summed E-state index contributed by atoms with van der Waals surface area (Å²) < 4.78 is 11.3. The largest absolute Gasteiger partial charge is 0.469 e. The second-order valence-corrected chi connectivity index (χ2v) is 6.90. The number of nitrogens with one attached hydrogen (secondary N) is 1. The number of furan rings is 1. The molecule has 2 unspecified atom stereocenters. The zero-order valence-corrected chi connectivity index (χ0v) is 17.4. The van der Waals surface area contributed by atoms with Gasteiger partial charge in [0.1, 0.15) is 5.76 Å². The highest BCUT2D eigenvalue weighted by Gasteiger charge is 2.33. The second-order valence-electron chi connectivity index (χ2n) is 6.90. The van der Waals surface area contributed by atoms with E-state index in [1.807, 2.05) is 19.1 Å². The number of guanidine groups is 1. The molecule has 0 aliphatic carbocycles. The van der Waals surface area contributed by atoms with Gasteiger partial charge in [0.05, 0.1) is 18.9 Å². The van der Waals surface area contributed by atoms with Crippen molar-refractivity contribution < 1.29 is 9.15 Å². The van der Waals surface area contributed by atoms with E-state index in [0.717, 1.165) is 56.4 Å². The molecule has 2 saturated heterocycles. The van der Waals surface area contributed by atoms with Gasteiger partial charge in [-0.2, -0.15) is 0 Å². The van der Waals surface area contributed by atoms with Crippen LogP contribution < -0.4 is 5.32 Å². The minimum absolute atomic E-state index is 0. The van der Waals surface area contributed by atoms with Crippen molar-refractivity contribution in [1.29, 1.82) is 0 Å². The molecular formula is C19H30IN3O2. The minimum Gasteiger partial charge on any atom is -0.469 e. The Morgan fingerprint density at radius 3 is 3.08 bits per heavy atom. The SMILES string of the molecule is C=C(C)CN=C(NCCc1ccco1)N1CCC2OCCCC2C1.I. The van der Waals surface area contributed by atoms with Crippen LogP contribution in [0.3, 0.4) is 0 Å². The molecule has 2 fully saturated rings. The Labute approximate surface area is 167 Å². The summed E-state index contributed by atoms with van der Waals surface area (Å²) in [6.45, 7) is 10.5. The molecule has 1 aromatic rings. The predicted molar refractivity (Wildman–Crippen MR) is 112 cm³/mol. The van der Waals surface area contributed by atoms with Crippen molar-refractivity contribution in [3.63, 3.8) is 0 Å². The van der Waals surface area contributed by atoms with Crippen molar-refractivity contribution >= 4 is 29.9 Å². The third kappa shape index (κ3) is 6.02. The third-order valence-electron chi connectivity index (χ3n) is 4.75. The lowest BCUT2D eigenvalue weighted by atomic mass is 9.88. The number of rotatable bonds is 5. The molecule has 2 atom stereocenters. The smallest absolute Gasteiger partial charge is 0.194 e. The molecule has 140 valence electrons. The quantitative estimate of drug-likeness (QED) is 0.317. The second kappa shape index (κ2) is 10.2.